The number of rotatable bonds is 2. The van der Waals surface area contributed by atoms with E-state index in [4.69, 9.17) is 4.74 Å². The lowest BCUT2D eigenvalue weighted by atomic mass is 9.80. The van der Waals surface area contributed by atoms with Gasteiger partial charge in [-0.3, -0.25) is 4.90 Å². The van der Waals surface area contributed by atoms with E-state index in [-0.39, 0.29) is 11.7 Å². The molecule has 120 valence electrons. The van der Waals surface area contributed by atoms with Gasteiger partial charge in [0, 0.05) is 12.0 Å². The van der Waals surface area contributed by atoms with Crippen molar-refractivity contribution in [3.05, 3.63) is 65.0 Å². The van der Waals surface area contributed by atoms with Crippen molar-refractivity contribution in [3.63, 3.8) is 0 Å². The van der Waals surface area contributed by atoms with E-state index in [0.717, 1.165) is 17.9 Å². The summed E-state index contributed by atoms with van der Waals surface area (Å²) in [7, 11) is 3.91. The molecule has 3 unspecified atom stereocenters. The summed E-state index contributed by atoms with van der Waals surface area (Å²) in [5.74, 6) is 1.54. The SMILES string of the molecule is COc1ccc2c(c1)C1C(CCCN1C)C2c1cccc(F)c1. The molecule has 0 N–H and O–H groups in total. The predicted octanol–water partition coefficient (Wildman–Crippen LogP) is 4.36. The number of fused-ring (bicyclic) bond motifs is 3. The van der Waals surface area contributed by atoms with Crippen LogP contribution in [0, 0.1) is 11.7 Å². The Balaban J connectivity index is 1.87. The fourth-order valence-electron chi connectivity index (χ4n) is 4.59. The third-order valence-electron chi connectivity index (χ3n) is 5.51. The molecule has 1 aliphatic heterocycles. The lowest BCUT2D eigenvalue weighted by Crippen LogP contribution is -2.34. The van der Waals surface area contributed by atoms with Crippen LogP contribution in [0.5, 0.6) is 5.75 Å². The molecule has 0 bridgehead atoms. The Hall–Kier alpha value is -1.87. The Labute approximate surface area is 136 Å². The number of nitrogens with zero attached hydrogens (tertiary/aromatic N) is 1. The molecule has 0 aromatic heterocycles. The minimum absolute atomic E-state index is 0.148. The summed E-state index contributed by atoms with van der Waals surface area (Å²) in [5.41, 5.74) is 3.78. The van der Waals surface area contributed by atoms with E-state index in [1.807, 2.05) is 12.1 Å². The molecule has 3 atom stereocenters. The third kappa shape index (κ3) is 2.34. The van der Waals surface area contributed by atoms with Crippen molar-refractivity contribution < 1.29 is 9.13 Å². The van der Waals surface area contributed by atoms with E-state index >= 15 is 0 Å². The molecule has 0 radical (unpaired) electrons. The smallest absolute Gasteiger partial charge is 0.123 e. The summed E-state index contributed by atoms with van der Waals surface area (Å²) in [6.45, 7) is 1.12. The molecule has 1 saturated heterocycles. The van der Waals surface area contributed by atoms with Crippen LogP contribution in [-0.2, 0) is 0 Å². The maximum absolute atomic E-state index is 13.8. The molecule has 0 saturated carbocycles. The van der Waals surface area contributed by atoms with Crippen molar-refractivity contribution in [1.82, 2.24) is 4.90 Å². The minimum atomic E-state index is -0.148. The minimum Gasteiger partial charge on any atom is -0.497 e. The summed E-state index contributed by atoms with van der Waals surface area (Å²) in [4.78, 5) is 2.45. The Morgan fingerprint density at radius 2 is 2.00 bits per heavy atom. The highest BCUT2D eigenvalue weighted by Gasteiger charge is 2.44. The molecule has 2 aliphatic rings. The highest BCUT2D eigenvalue weighted by atomic mass is 19.1. The Kier molecular flexibility index (Phi) is 3.61. The van der Waals surface area contributed by atoms with Crippen LogP contribution in [0.15, 0.2) is 42.5 Å². The monoisotopic (exact) mass is 311 g/mol. The van der Waals surface area contributed by atoms with Crippen molar-refractivity contribution >= 4 is 0 Å². The first-order chi connectivity index (χ1) is 11.2. The molecule has 2 nitrogen and oxygen atoms in total. The first kappa shape index (κ1) is 14.7. The molecule has 2 aromatic carbocycles. The van der Waals surface area contributed by atoms with Gasteiger partial charge in [0.15, 0.2) is 0 Å². The summed E-state index contributed by atoms with van der Waals surface area (Å²) in [6, 6.07) is 13.9. The zero-order valence-electron chi connectivity index (χ0n) is 13.6. The molecule has 2 aromatic rings. The fraction of sp³-hybridized carbons (Fsp3) is 0.400. The van der Waals surface area contributed by atoms with Crippen LogP contribution in [0.4, 0.5) is 4.39 Å². The van der Waals surface area contributed by atoms with Gasteiger partial charge in [-0.1, -0.05) is 18.2 Å². The van der Waals surface area contributed by atoms with Gasteiger partial charge in [0.25, 0.3) is 0 Å². The number of methoxy groups -OCH3 is 1. The van der Waals surface area contributed by atoms with Crippen molar-refractivity contribution in [2.24, 2.45) is 5.92 Å². The van der Waals surface area contributed by atoms with Crippen LogP contribution in [0.2, 0.25) is 0 Å². The van der Waals surface area contributed by atoms with Crippen LogP contribution in [0.3, 0.4) is 0 Å². The number of benzene rings is 2. The molecular formula is C20H22FNO. The van der Waals surface area contributed by atoms with Crippen molar-refractivity contribution in [3.8, 4) is 5.75 Å². The first-order valence-corrected chi connectivity index (χ1v) is 8.32. The average Bonchev–Trinajstić information content (AvgIpc) is 2.89. The lowest BCUT2D eigenvalue weighted by Gasteiger charge is -2.37. The van der Waals surface area contributed by atoms with E-state index in [0.29, 0.717) is 12.0 Å². The third-order valence-corrected chi connectivity index (χ3v) is 5.51. The highest BCUT2D eigenvalue weighted by molar-refractivity contribution is 5.49. The second kappa shape index (κ2) is 5.64. The number of likely N-dealkylation sites (tertiary alicyclic amines) is 1. The van der Waals surface area contributed by atoms with Gasteiger partial charge in [0.2, 0.25) is 0 Å². The van der Waals surface area contributed by atoms with Gasteiger partial charge in [-0.15, -0.1) is 0 Å². The van der Waals surface area contributed by atoms with E-state index in [9.17, 15) is 4.39 Å². The second-order valence-electron chi connectivity index (χ2n) is 6.76. The van der Waals surface area contributed by atoms with Crippen LogP contribution in [-0.4, -0.2) is 25.6 Å². The molecule has 23 heavy (non-hydrogen) atoms. The van der Waals surface area contributed by atoms with Gasteiger partial charge in [0.05, 0.1) is 7.11 Å². The largest absolute Gasteiger partial charge is 0.497 e. The number of hydrogen-bond acceptors (Lipinski definition) is 2. The molecule has 3 heteroatoms. The van der Waals surface area contributed by atoms with E-state index < -0.39 is 0 Å². The molecular weight excluding hydrogens is 289 g/mol. The van der Waals surface area contributed by atoms with Gasteiger partial charge in [0.1, 0.15) is 11.6 Å². The second-order valence-corrected chi connectivity index (χ2v) is 6.76. The first-order valence-electron chi connectivity index (χ1n) is 8.32. The van der Waals surface area contributed by atoms with Crippen molar-refractivity contribution in [2.75, 3.05) is 20.7 Å². The van der Waals surface area contributed by atoms with Gasteiger partial charge >= 0.3 is 0 Å². The number of hydrogen-bond donors (Lipinski definition) is 0. The lowest BCUT2D eigenvalue weighted by molar-refractivity contribution is 0.126. The Morgan fingerprint density at radius 3 is 2.78 bits per heavy atom. The van der Waals surface area contributed by atoms with Gasteiger partial charge in [-0.05, 0) is 73.3 Å². The summed E-state index contributed by atoms with van der Waals surface area (Å²) >= 11 is 0. The van der Waals surface area contributed by atoms with Crippen LogP contribution < -0.4 is 4.74 Å². The average molecular weight is 311 g/mol. The molecule has 0 amide bonds. The Bertz CT molecular complexity index is 729. The zero-order chi connectivity index (χ0) is 16.0. The van der Waals surface area contributed by atoms with E-state index in [1.54, 1.807) is 13.2 Å². The van der Waals surface area contributed by atoms with E-state index in [2.05, 4.69) is 30.1 Å². The fourth-order valence-corrected chi connectivity index (χ4v) is 4.59. The quantitative estimate of drug-likeness (QED) is 0.817. The van der Waals surface area contributed by atoms with Gasteiger partial charge in [-0.2, -0.15) is 0 Å². The molecule has 1 aliphatic carbocycles. The Morgan fingerprint density at radius 1 is 1.13 bits per heavy atom. The number of ether oxygens (including phenoxy) is 1. The zero-order valence-corrected chi connectivity index (χ0v) is 13.6. The van der Waals surface area contributed by atoms with Crippen LogP contribution in [0.25, 0.3) is 0 Å². The standard InChI is InChI=1S/C20H22FNO/c1-22-10-4-7-17-19(13-5-3-6-14(21)11-13)16-9-8-15(23-2)12-18(16)20(17)22/h3,5-6,8-9,11-12,17,19-20H,4,7,10H2,1-2H3. The molecule has 1 heterocycles. The topological polar surface area (TPSA) is 12.5 Å². The maximum Gasteiger partial charge on any atom is 0.123 e. The molecule has 4 rings (SSSR count). The predicted molar refractivity (Wildman–Crippen MR) is 89.3 cm³/mol. The van der Waals surface area contributed by atoms with Gasteiger partial charge in [-0.25, -0.2) is 4.39 Å². The maximum atomic E-state index is 13.8. The van der Waals surface area contributed by atoms with Gasteiger partial charge < -0.3 is 4.74 Å². The number of halogens is 1. The van der Waals surface area contributed by atoms with E-state index in [1.165, 1.54) is 30.0 Å². The summed E-state index contributed by atoms with van der Waals surface area (Å²) in [6.07, 6.45) is 2.39. The summed E-state index contributed by atoms with van der Waals surface area (Å²) in [5, 5.41) is 0. The molecule has 0 spiro atoms. The van der Waals surface area contributed by atoms with Crippen molar-refractivity contribution in [2.45, 2.75) is 24.8 Å². The molecule has 1 fully saturated rings. The normalized spacial score (nSPS) is 26.7. The highest BCUT2D eigenvalue weighted by Crippen LogP contribution is 2.54. The number of piperidine rings is 1. The van der Waals surface area contributed by atoms with Crippen LogP contribution >= 0.6 is 0 Å². The summed E-state index contributed by atoms with van der Waals surface area (Å²) < 4.78 is 19.2. The van der Waals surface area contributed by atoms with Crippen LogP contribution in [0.1, 0.15) is 41.5 Å². The van der Waals surface area contributed by atoms with Crippen molar-refractivity contribution in [1.29, 1.82) is 0 Å².